The molecule has 0 unspecified atom stereocenters. The Balaban J connectivity index is 1.60. The van der Waals surface area contributed by atoms with Crippen LogP contribution in [-0.2, 0) is 11.3 Å². The van der Waals surface area contributed by atoms with E-state index in [4.69, 9.17) is 5.73 Å². The minimum atomic E-state index is -0.160. The van der Waals surface area contributed by atoms with E-state index >= 15 is 0 Å². The highest BCUT2D eigenvalue weighted by atomic mass is 79.9. The standard InChI is InChI=1S/C14H18BrN5O/c15-12-8-20-11(6-19-13(20)7-18-12)5-17-10-3-1-9(2-4-10)14(16)21/h6-10,17H,1-5H2,(H2,16,21). The summed E-state index contributed by atoms with van der Waals surface area (Å²) in [6.45, 7) is 0.753. The van der Waals surface area contributed by atoms with Gasteiger partial charge >= 0.3 is 0 Å². The van der Waals surface area contributed by atoms with Gasteiger partial charge in [0, 0.05) is 24.7 Å². The molecule has 3 rings (SSSR count). The Kier molecular flexibility index (Phi) is 4.21. The van der Waals surface area contributed by atoms with Crippen LogP contribution in [0, 0.1) is 5.92 Å². The smallest absolute Gasteiger partial charge is 0.220 e. The number of halogens is 1. The quantitative estimate of drug-likeness (QED) is 0.876. The Morgan fingerprint density at radius 2 is 2.10 bits per heavy atom. The van der Waals surface area contributed by atoms with Gasteiger partial charge in [0.15, 0.2) is 5.65 Å². The Hall–Kier alpha value is -1.47. The van der Waals surface area contributed by atoms with Crippen LogP contribution in [0.25, 0.3) is 5.65 Å². The molecular weight excluding hydrogens is 334 g/mol. The molecular formula is C14H18BrN5O. The van der Waals surface area contributed by atoms with Crippen LogP contribution in [0.2, 0.25) is 0 Å². The highest BCUT2D eigenvalue weighted by molar-refractivity contribution is 9.10. The summed E-state index contributed by atoms with van der Waals surface area (Å²) < 4.78 is 2.82. The monoisotopic (exact) mass is 351 g/mol. The van der Waals surface area contributed by atoms with Gasteiger partial charge in [-0.1, -0.05) is 0 Å². The van der Waals surface area contributed by atoms with Gasteiger partial charge in [-0.05, 0) is 41.6 Å². The first-order valence-electron chi connectivity index (χ1n) is 7.13. The van der Waals surface area contributed by atoms with Gasteiger partial charge in [0.2, 0.25) is 5.91 Å². The van der Waals surface area contributed by atoms with Gasteiger partial charge in [-0.15, -0.1) is 0 Å². The molecule has 3 N–H and O–H groups in total. The molecule has 0 aromatic carbocycles. The Bertz CT molecular complexity index is 648. The summed E-state index contributed by atoms with van der Waals surface area (Å²) in [5.74, 6) is -0.103. The number of hydrogen-bond donors (Lipinski definition) is 2. The first kappa shape index (κ1) is 14.5. The number of carbonyl (C=O) groups excluding carboxylic acids is 1. The zero-order valence-electron chi connectivity index (χ0n) is 11.6. The summed E-state index contributed by atoms with van der Waals surface area (Å²) in [6.07, 6.45) is 9.29. The molecule has 2 aromatic rings. The number of imidazole rings is 1. The third-order valence-electron chi connectivity index (χ3n) is 4.14. The zero-order valence-corrected chi connectivity index (χ0v) is 13.2. The average molecular weight is 352 g/mol. The number of primary amides is 1. The normalized spacial score (nSPS) is 22.5. The topological polar surface area (TPSA) is 85.3 Å². The molecule has 2 heterocycles. The minimum absolute atomic E-state index is 0.0564. The number of nitrogens with one attached hydrogen (secondary N) is 1. The van der Waals surface area contributed by atoms with Crippen molar-refractivity contribution in [3.63, 3.8) is 0 Å². The summed E-state index contributed by atoms with van der Waals surface area (Å²) in [6, 6.07) is 0.441. The molecule has 21 heavy (non-hydrogen) atoms. The predicted molar refractivity (Wildman–Crippen MR) is 82.5 cm³/mol. The Morgan fingerprint density at radius 1 is 1.33 bits per heavy atom. The van der Waals surface area contributed by atoms with Crippen LogP contribution in [0.3, 0.4) is 0 Å². The predicted octanol–water partition coefficient (Wildman–Crippen LogP) is 1.63. The number of fused-ring (bicyclic) bond motifs is 1. The van der Waals surface area contributed by atoms with Gasteiger partial charge in [0.1, 0.15) is 4.60 Å². The molecule has 0 spiro atoms. The fourth-order valence-corrected chi connectivity index (χ4v) is 3.18. The van der Waals surface area contributed by atoms with Crippen molar-refractivity contribution < 1.29 is 4.79 Å². The second-order valence-corrected chi connectivity index (χ2v) is 6.33. The maximum atomic E-state index is 11.2. The van der Waals surface area contributed by atoms with Crippen LogP contribution in [0.4, 0.5) is 0 Å². The van der Waals surface area contributed by atoms with E-state index in [0.29, 0.717) is 6.04 Å². The van der Waals surface area contributed by atoms with Crippen LogP contribution in [0.1, 0.15) is 31.4 Å². The first-order valence-corrected chi connectivity index (χ1v) is 7.93. The Morgan fingerprint density at radius 3 is 2.81 bits per heavy atom. The molecule has 1 fully saturated rings. The van der Waals surface area contributed by atoms with Crippen molar-refractivity contribution in [2.24, 2.45) is 11.7 Å². The molecule has 1 aliphatic rings. The Labute approximate surface area is 131 Å². The van der Waals surface area contributed by atoms with Gasteiger partial charge in [-0.3, -0.25) is 9.20 Å². The van der Waals surface area contributed by atoms with Gasteiger partial charge in [0.25, 0.3) is 0 Å². The second-order valence-electron chi connectivity index (χ2n) is 5.52. The van der Waals surface area contributed by atoms with E-state index in [1.165, 1.54) is 0 Å². The van der Waals surface area contributed by atoms with Crippen molar-refractivity contribution in [2.45, 2.75) is 38.3 Å². The SMILES string of the molecule is NC(=O)C1CCC(NCc2cnc3cnc(Br)cn23)CC1. The van der Waals surface area contributed by atoms with E-state index in [-0.39, 0.29) is 11.8 Å². The van der Waals surface area contributed by atoms with Crippen LogP contribution in [0.5, 0.6) is 0 Å². The molecule has 0 atom stereocenters. The highest BCUT2D eigenvalue weighted by Gasteiger charge is 2.24. The van der Waals surface area contributed by atoms with Gasteiger partial charge in [-0.25, -0.2) is 9.97 Å². The van der Waals surface area contributed by atoms with Gasteiger partial charge in [0.05, 0.1) is 18.1 Å². The lowest BCUT2D eigenvalue weighted by Crippen LogP contribution is -2.36. The van der Waals surface area contributed by atoms with Crippen molar-refractivity contribution in [2.75, 3.05) is 0 Å². The minimum Gasteiger partial charge on any atom is -0.369 e. The molecule has 1 amide bonds. The lowest BCUT2D eigenvalue weighted by atomic mass is 9.85. The maximum absolute atomic E-state index is 11.2. The molecule has 112 valence electrons. The van der Waals surface area contributed by atoms with E-state index in [1.54, 1.807) is 6.20 Å². The molecule has 1 saturated carbocycles. The average Bonchev–Trinajstić information content (AvgIpc) is 2.88. The fourth-order valence-electron chi connectivity index (χ4n) is 2.88. The number of rotatable bonds is 4. The molecule has 0 aliphatic heterocycles. The van der Waals surface area contributed by atoms with Gasteiger partial charge < -0.3 is 11.1 Å². The van der Waals surface area contributed by atoms with Crippen LogP contribution >= 0.6 is 15.9 Å². The summed E-state index contributed by atoms with van der Waals surface area (Å²) in [5.41, 5.74) is 7.30. The number of hydrogen-bond acceptors (Lipinski definition) is 4. The lowest BCUT2D eigenvalue weighted by Gasteiger charge is -2.27. The lowest BCUT2D eigenvalue weighted by molar-refractivity contribution is -0.122. The molecule has 6 nitrogen and oxygen atoms in total. The molecule has 2 aromatic heterocycles. The van der Waals surface area contributed by atoms with E-state index in [9.17, 15) is 4.79 Å². The summed E-state index contributed by atoms with van der Waals surface area (Å²) in [4.78, 5) is 19.7. The van der Waals surface area contributed by atoms with E-state index in [1.807, 2.05) is 16.8 Å². The van der Waals surface area contributed by atoms with Crippen molar-refractivity contribution in [1.29, 1.82) is 0 Å². The molecule has 0 saturated heterocycles. The number of aromatic nitrogens is 3. The second kappa shape index (κ2) is 6.11. The zero-order chi connectivity index (χ0) is 14.8. The van der Waals surface area contributed by atoms with Crippen molar-refractivity contribution in [3.05, 3.63) is 28.9 Å². The van der Waals surface area contributed by atoms with E-state index < -0.39 is 0 Å². The van der Waals surface area contributed by atoms with Crippen LogP contribution in [0.15, 0.2) is 23.2 Å². The van der Waals surface area contributed by atoms with Crippen molar-refractivity contribution in [3.8, 4) is 0 Å². The molecule has 7 heteroatoms. The summed E-state index contributed by atoms with van der Waals surface area (Å²) >= 11 is 3.38. The summed E-state index contributed by atoms with van der Waals surface area (Å²) in [5, 5.41) is 3.55. The maximum Gasteiger partial charge on any atom is 0.220 e. The van der Waals surface area contributed by atoms with E-state index in [0.717, 1.165) is 48.2 Å². The molecule has 0 radical (unpaired) electrons. The molecule has 1 aliphatic carbocycles. The molecule has 0 bridgehead atoms. The number of amides is 1. The van der Waals surface area contributed by atoms with Crippen molar-refractivity contribution >= 4 is 27.5 Å². The number of nitrogens with zero attached hydrogens (tertiary/aromatic N) is 3. The third kappa shape index (κ3) is 3.24. The first-order chi connectivity index (χ1) is 10.1. The third-order valence-corrected chi connectivity index (χ3v) is 4.55. The number of carbonyl (C=O) groups is 1. The largest absolute Gasteiger partial charge is 0.369 e. The number of nitrogens with two attached hydrogens (primary N) is 1. The van der Waals surface area contributed by atoms with Crippen molar-refractivity contribution in [1.82, 2.24) is 19.7 Å². The highest BCUT2D eigenvalue weighted by Crippen LogP contribution is 2.24. The van der Waals surface area contributed by atoms with Gasteiger partial charge in [-0.2, -0.15) is 0 Å². The summed E-state index contributed by atoms with van der Waals surface area (Å²) in [7, 11) is 0. The van der Waals surface area contributed by atoms with Crippen LogP contribution in [-0.4, -0.2) is 26.3 Å². The van der Waals surface area contributed by atoms with Crippen LogP contribution < -0.4 is 11.1 Å². The fraction of sp³-hybridized carbons (Fsp3) is 0.500. The van der Waals surface area contributed by atoms with E-state index in [2.05, 4.69) is 31.2 Å².